The first-order chi connectivity index (χ1) is 12.7. The molecule has 1 aliphatic rings. The molecule has 0 radical (unpaired) electrons. The van der Waals surface area contributed by atoms with Crippen molar-refractivity contribution in [2.75, 3.05) is 0 Å². The molecule has 0 bridgehead atoms. The van der Waals surface area contributed by atoms with Crippen LogP contribution in [0, 0.1) is 5.82 Å². The Bertz CT molecular complexity index is 1050. The Hall–Kier alpha value is -3.51. The molecular weight excluding hydrogens is 335 g/mol. The van der Waals surface area contributed by atoms with E-state index in [2.05, 4.69) is 4.99 Å². The second-order valence-electron chi connectivity index (χ2n) is 5.66. The molecule has 26 heavy (non-hydrogen) atoms. The highest BCUT2D eigenvalue weighted by Crippen LogP contribution is 2.38. The maximum atomic E-state index is 14.4. The Labute approximate surface area is 148 Å². The molecule has 1 amide bonds. The molecule has 2 N–H and O–H groups in total. The first-order valence-electron chi connectivity index (χ1n) is 7.86. The van der Waals surface area contributed by atoms with Gasteiger partial charge < -0.3 is 4.74 Å². The molecule has 0 spiro atoms. The molecule has 3 aromatic carbocycles. The quantitative estimate of drug-likeness (QED) is 0.421. The van der Waals surface area contributed by atoms with Crippen LogP contribution in [-0.4, -0.2) is 16.8 Å². The van der Waals surface area contributed by atoms with E-state index in [9.17, 15) is 9.18 Å². The number of nitrogens with zero attached hydrogens (tertiary/aromatic N) is 1. The predicted octanol–water partition coefficient (Wildman–Crippen LogP) is 4.22. The molecule has 0 unspecified atom stereocenters. The molecule has 0 saturated carbocycles. The summed E-state index contributed by atoms with van der Waals surface area (Å²) >= 11 is 0. The number of aliphatic imine (C=N–C) groups is 1. The van der Waals surface area contributed by atoms with Crippen LogP contribution >= 0.6 is 0 Å². The van der Waals surface area contributed by atoms with Gasteiger partial charge in [0, 0.05) is 11.1 Å². The van der Waals surface area contributed by atoms with Crippen molar-refractivity contribution >= 4 is 17.3 Å². The number of amides is 1. The van der Waals surface area contributed by atoms with E-state index in [1.165, 1.54) is 17.6 Å². The lowest BCUT2D eigenvalue weighted by Gasteiger charge is -2.10. The van der Waals surface area contributed by atoms with Crippen LogP contribution in [0.5, 0.6) is 11.5 Å². The van der Waals surface area contributed by atoms with Crippen molar-refractivity contribution in [2.45, 2.75) is 0 Å². The van der Waals surface area contributed by atoms with Crippen LogP contribution < -0.4 is 10.2 Å². The normalized spacial score (nSPS) is 12.2. The van der Waals surface area contributed by atoms with Gasteiger partial charge in [-0.2, -0.15) is 0 Å². The lowest BCUT2D eigenvalue weighted by molar-refractivity contribution is 0.0702. The average molecular weight is 348 g/mol. The summed E-state index contributed by atoms with van der Waals surface area (Å²) < 4.78 is 20.3. The third-order valence-corrected chi connectivity index (χ3v) is 4.05. The molecule has 0 aliphatic carbocycles. The Morgan fingerprint density at radius 2 is 1.73 bits per heavy atom. The predicted molar refractivity (Wildman–Crippen MR) is 93.9 cm³/mol. The number of hydroxylamine groups is 1. The van der Waals surface area contributed by atoms with Crippen molar-refractivity contribution in [1.29, 1.82) is 0 Å². The molecule has 128 valence electrons. The summed E-state index contributed by atoms with van der Waals surface area (Å²) in [6, 6.07) is 18.8. The highest BCUT2D eigenvalue weighted by molar-refractivity contribution is 6.16. The van der Waals surface area contributed by atoms with Gasteiger partial charge in [-0.05, 0) is 36.4 Å². The molecule has 1 heterocycles. The molecule has 0 aromatic heterocycles. The van der Waals surface area contributed by atoms with Gasteiger partial charge in [-0.25, -0.2) is 14.9 Å². The molecule has 5 nitrogen and oxygen atoms in total. The fourth-order valence-corrected chi connectivity index (χ4v) is 2.81. The molecule has 0 atom stereocenters. The maximum absolute atomic E-state index is 14.4. The van der Waals surface area contributed by atoms with Gasteiger partial charge in [0.1, 0.15) is 17.3 Å². The van der Waals surface area contributed by atoms with E-state index in [4.69, 9.17) is 9.94 Å². The van der Waals surface area contributed by atoms with Gasteiger partial charge in [0.05, 0.1) is 11.3 Å². The van der Waals surface area contributed by atoms with Gasteiger partial charge in [-0.3, -0.25) is 10.0 Å². The number of benzene rings is 3. The second-order valence-corrected chi connectivity index (χ2v) is 5.66. The molecule has 1 aliphatic heterocycles. The molecule has 6 heteroatoms. The summed E-state index contributed by atoms with van der Waals surface area (Å²) in [4.78, 5) is 16.1. The largest absolute Gasteiger partial charge is 0.454 e. The van der Waals surface area contributed by atoms with Crippen molar-refractivity contribution in [3.63, 3.8) is 0 Å². The van der Waals surface area contributed by atoms with E-state index in [0.29, 0.717) is 34.0 Å². The third kappa shape index (κ3) is 2.72. The molecule has 3 aromatic rings. The number of para-hydroxylation sites is 3. The van der Waals surface area contributed by atoms with E-state index in [1.54, 1.807) is 6.07 Å². The maximum Gasteiger partial charge on any atom is 0.277 e. The number of hydrogen-bond acceptors (Lipinski definition) is 4. The van der Waals surface area contributed by atoms with E-state index in [-0.39, 0.29) is 5.56 Å². The molecular formula is C20H13FN2O3. The summed E-state index contributed by atoms with van der Waals surface area (Å²) in [6.07, 6.45) is 0. The van der Waals surface area contributed by atoms with Crippen LogP contribution in [-0.2, 0) is 0 Å². The van der Waals surface area contributed by atoms with Crippen molar-refractivity contribution in [2.24, 2.45) is 4.99 Å². The first-order valence-corrected chi connectivity index (χ1v) is 7.86. The fourth-order valence-electron chi connectivity index (χ4n) is 2.81. The Kier molecular flexibility index (Phi) is 3.95. The Balaban J connectivity index is 1.91. The minimum Gasteiger partial charge on any atom is -0.454 e. The van der Waals surface area contributed by atoms with E-state index in [1.807, 2.05) is 48.5 Å². The summed E-state index contributed by atoms with van der Waals surface area (Å²) in [6.45, 7) is 0. The zero-order chi connectivity index (χ0) is 18.1. The zero-order valence-corrected chi connectivity index (χ0v) is 13.4. The number of rotatable bonds is 2. The topological polar surface area (TPSA) is 70.9 Å². The summed E-state index contributed by atoms with van der Waals surface area (Å²) in [5, 5.41) is 8.70. The van der Waals surface area contributed by atoms with E-state index >= 15 is 0 Å². The number of halogens is 1. The zero-order valence-electron chi connectivity index (χ0n) is 13.4. The lowest BCUT2D eigenvalue weighted by atomic mass is 9.99. The van der Waals surface area contributed by atoms with Crippen LogP contribution in [0.2, 0.25) is 0 Å². The van der Waals surface area contributed by atoms with Crippen LogP contribution in [0.15, 0.2) is 71.7 Å². The van der Waals surface area contributed by atoms with Crippen molar-refractivity contribution < 1.29 is 19.1 Å². The summed E-state index contributed by atoms with van der Waals surface area (Å²) in [5.74, 6) is -0.459. The van der Waals surface area contributed by atoms with Gasteiger partial charge in [0.15, 0.2) is 5.75 Å². The SMILES string of the molecule is O=C(NO)c1ccc(C2=Nc3ccccc3Oc3ccccc32)cc1F. The smallest absolute Gasteiger partial charge is 0.277 e. The third-order valence-electron chi connectivity index (χ3n) is 4.05. The fraction of sp³-hybridized carbons (Fsp3) is 0. The second kappa shape index (κ2) is 6.42. The molecule has 0 saturated heterocycles. The monoisotopic (exact) mass is 348 g/mol. The minimum absolute atomic E-state index is 0.254. The van der Waals surface area contributed by atoms with Crippen LogP contribution in [0.25, 0.3) is 0 Å². The number of carbonyl (C=O) groups is 1. The van der Waals surface area contributed by atoms with Crippen LogP contribution in [0.4, 0.5) is 10.1 Å². The standard InChI is InChI=1S/C20H13FN2O3/c21-15-11-12(9-10-13(15)20(24)23-25)19-14-5-1-3-7-17(14)26-18-8-4-2-6-16(18)22-19/h1-11,25H,(H,23,24). The van der Waals surface area contributed by atoms with E-state index < -0.39 is 11.7 Å². The average Bonchev–Trinajstić information content (AvgIpc) is 2.84. The van der Waals surface area contributed by atoms with Gasteiger partial charge in [-0.15, -0.1) is 0 Å². The molecule has 4 rings (SSSR count). The number of hydrogen-bond donors (Lipinski definition) is 2. The number of fused-ring (bicyclic) bond motifs is 2. The van der Waals surface area contributed by atoms with Crippen LogP contribution in [0.3, 0.4) is 0 Å². The van der Waals surface area contributed by atoms with Crippen molar-refractivity contribution in [3.8, 4) is 11.5 Å². The van der Waals surface area contributed by atoms with E-state index in [0.717, 1.165) is 0 Å². The highest BCUT2D eigenvalue weighted by atomic mass is 19.1. The number of nitrogens with one attached hydrogen (secondary N) is 1. The highest BCUT2D eigenvalue weighted by Gasteiger charge is 2.20. The van der Waals surface area contributed by atoms with Gasteiger partial charge in [-0.1, -0.05) is 30.3 Å². The number of carbonyl (C=O) groups excluding carboxylic acids is 1. The Morgan fingerprint density at radius 1 is 1.00 bits per heavy atom. The summed E-state index contributed by atoms with van der Waals surface area (Å²) in [5.41, 5.74) is 3.53. The summed E-state index contributed by atoms with van der Waals surface area (Å²) in [7, 11) is 0. The number of ether oxygens (including phenoxy) is 1. The van der Waals surface area contributed by atoms with Gasteiger partial charge >= 0.3 is 0 Å². The minimum atomic E-state index is -0.911. The van der Waals surface area contributed by atoms with Gasteiger partial charge in [0.25, 0.3) is 5.91 Å². The first kappa shape index (κ1) is 16.0. The van der Waals surface area contributed by atoms with Crippen molar-refractivity contribution in [3.05, 3.63) is 89.2 Å². The van der Waals surface area contributed by atoms with Crippen LogP contribution in [0.1, 0.15) is 21.5 Å². The Morgan fingerprint density at radius 3 is 2.50 bits per heavy atom. The van der Waals surface area contributed by atoms with Crippen molar-refractivity contribution in [1.82, 2.24) is 5.48 Å². The van der Waals surface area contributed by atoms with Gasteiger partial charge in [0.2, 0.25) is 0 Å². The lowest BCUT2D eigenvalue weighted by Crippen LogP contribution is -2.20. The molecule has 0 fully saturated rings.